The summed E-state index contributed by atoms with van der Waals surface area (Å²) in [7, 11) is 0. The lowest BCUT2D eigenvalue weighted by Crippen LogP contribution is -2.36. The number of hydrogen-bond donors (Lipinski definition) is 1. The molecule has 1 N–H and O–H groups in total. The van der Waals surface area contributed by atoms with Crippen LogP contribution in [-0.2, 0) is 9.53 Å². The fraction of sp³-hybridized carbons (Fsp3) is 0.786. The van der Waals surface area contributed by atoms with Crippen LogP contribution in [0, 0.1) is 5.41 Å². The van der Waals surface area contributed by atoms with Gasteiger partial charge in [0, 0.05) is 11.0 Å². The standard InChI is InChI=1S/C14H26O3/c1-6-9-10-14(5,8-3)13(16)17-12(15)11(4)7-2/h7,13,16H,6,8-10H2,1-5H3/b11-7+. The molecule has 0 radical (unpaired) electrons. The number of esters is 1. The van der Waals surface area contributed by atoms with Crippen LogP contribution in [0.3, 0.4) is 0 Å². The van der Waals surface area contributed by atoms with Crippen molar-refractivity contribution in [3.05, 3.63) is 11.6 Å². The molecule has 0 aromatic carbocycles. The lowest BCUT2D eigenvalue weighted by molar-refractivity contribution is -0.188. The minimum absolute atomic E-state index is 0.348. The minimum atomic E-state index is -1.03. The number of allylic oxidation sites excluding steroid dienone is 1. The Balaban J connectivity index is 4.53. The highest BCUT2D eigenvalue weighted by molar-refractivity contribution is 5.87. The molecular weight excluding hydrogens is 216 g/mol. The molecule has 0 amide bonds. The molecule has 0 bridgehead atoms. The first-order valence-corrected chi connectivity index (χ1v) is 6.43. The van der Waals surface area contributed by atoms with Crippen molar-refractivity contribution in [1.82, 2.24) is 0 Å². The van der Waals surface area contributed by atoms with E-state index in [1.165, 1.54) is 0 Å². The van der Waals surface area contributed by atoms with Crippen molar-refractivity contribution in [2.75, 3.05) is 0 Å². The summed E-state index contributed by atoms with van der Waals surface area (Å²) in [6.45, 7) is 9.54. The Hall–Kier alpha value is -0.830. The summed E-state index contributed by atoms with van der Waals surface area (Å²) in [6.07, 6.45) is 4.41. The van der Waals surface area contributed by atoms with E-state index in [-0.39, 0.29) is 5.41 Å². The van der Waals surface area contributed by atoms with Crippen LogP contribution in [-0.4, -0.2) is 17.4 Å². The van der Waals surface area contributed by atoms with E-state index in [0.29, 0.717) is 5.57 Å². The lowest BCUT2D eigenvalue weighted by Gasteiger charge is -2.32. The van der Waals surface area contributed by atoms with Crippen molar-refractivity contribution >= 4 is 5.97 Å². The van der Waals surface area contributed by atoms with Gasteiger partial charge in [-0.1, -0.05) is 39.7 Å². The average molecular weight is 242 g/mol. The van der Waals surface area contributed by atoms with E-state index >= 15 is 0 Å². The molecular formula is C14H26O3. The predicted molar refractivity (Wildman–Crippen MR) is 69.5 cm³/mol. The molecule has 0 spiro atoms. The largest absolute Gasteiger partial charge is 0.432 e. The van der Waals surface area contributed by atoms with Gasteiger partial charge in [-0.15, -0.1) is 0 Å². The molecule has 0 aromatic heterocycles. The fourth-order valence-electron chi connectivity index (χ4n) is 1.51. The van der Waals surface area contributed by atoms with Gasteiger partial charge in [-0.25, -0.2) is 4.79 Å². The Labute approximate surface area is 105 Å². The summed E-state index contributed by atoms with van der Waals surface area (Å²) in [4.78, 5) is 11.6. The molecule has 0 heterocycles. The van der Waals surface area contributed by atoms with Crippen molar-refractivity contribution in [3.8, 4) is 0 Å². The summed E-state index contributed by atoms with van der Waals surface area (Å²) >= 11 is 0. The molecule has 0 rings (SSSR count). The average Bonchev–Trinajstić information content (AvgIpc) is 2.34. The molecule has 0 saturated heterocycles. The number of aliphatic hydroxyl groups excluding tert-OH is 1. The number of ether oxygens (including phenoxy) is 1. The maximum Gasteiger partial charge on any atom is 0.335 e. The zero-order valence-electron chi connectivity index (χ0n) is 11.7. The second kappa shape index (κ2) is 7.49. The molecule has 3 nitrogen and oxygen atoms in total. The zero-order chi connectivity index (χ0) is 13.5. The fourth-order valence-corrected chi connectivity index (χ4v) is 1.51. The van der Waals surface area contributed by atoms with Gasteiger partial charge < -0.3 is 9.84 Å². The molecule has 0 aliphatic rings. The number of carbonyl (C=O) groups excluding carboxylic acids is 1. The Morgan fingerprint density at radius 2 is 2.06 bits per heavy atom. The SMILES string of the molecule is C/C=C(\C)C(=O)OC(O)C(C)(CC)CCCC. The molecule has 0 aromatic rings. The van der Waals surface area contributed by atoms with Crippen LogP contribution >= 0.6 is 0 Å². The normalized spacial score (nSPS) is 17.4. The highest BCUT2D eigenvalue weighted by Gasteiger charge is 2.33. The van der Waals surface area contributed by atoms with Crippen molar-refractivity contribution in [3.63, 3.8) is 0 Å². The Kier molecular flexibility index (Phi) is 7.12. The van der Waals surface area contributed by atoms with Crippen LogP contribution in [0.1, 0.15) is 60.3 Å². The third kappa shape index (κ3) is 4.90. The van der Waals surface area contributed by atoms with Crippen LogP contribution in [0.25, 0.3) is 0 Å². The van der Waals surface area contributed by atoms with Gasteiger partial charge in [-0.2, -0.15) is 0 Å². The number of carbonyl (C=O) groups is 1. The summed E-state index contributed by atoms with van der Waals surface area (Å²) in [5, 5.41) is 10.0. The molecule has 2 atom stereocenters. The smallest absolute Gasteiger partial charge is 0.335 e. The van der Waals surface area contributed by atoms with Crippen LogP contribution in [0.15, 0.2) is 11.6 Å². The van der Waals surface area contributed by atoms with Gasteiger partial charge in [0.15, 0.2) is 0 Å². The number of rotatable bonds is 7. The van der Waals surface area contributed by atoms with Crippen LogP contribution in [0.5, 0.6) is 0 Å². The van der Waals surface area contributed by atoms with E-state index in [2.05, 4.69) is 6.92 Å². The Morgan fingerprint density at radius 1 is 1.47 bits per heavy atom. The third-order valence-electron chi connectivity index (χ3n) is 3.48. The van der Waals surface area contributed by atoms with E-state index < -0.39 is 12.3 Å². The van der Waals surface area contributed by atoms with E-state index in [1.807, 2.05) is 13.8 Å². The maximum absolute atomic E-state index is 11.6. The molecule has 0 aliphatic carbocycles. The second-order valence-corrected chi connectivity index (χ2v) is 4.84. The number of aliphatic hydroxyl groups is 1. The van der Waals surface area contributed by atoms with Crippen molar-refractivity contribution in [2.24, 2.45) is 5.41 Å². The monoisotopic (exact) mass is 242 g/mol. The molecule has 17 heavy (non-hydrogen) atoms. The molecule has 3 heteroatoms. The van der Waals surface area contributed by atoms with Gasteiger partial charge in [-0.05, 0) is 26.7 Å². The van der Waals surface area contributed by atoms with Crippen LogP contribution in [0.4, 0.5) is 0 Å². The minimum Gasteiger partial charge on any atom is -0.432 e. The highest BCUT2D eigenvalue weighted by atomic mass is 16.6. The topological polar surface area (TPSA) is 46.5 Å². The molecule has 0 aliphatic heterocycles. The van der Waals surface area contributed by atoms with E-state index in [0.717, 1.165) is 25.7 Å². The van der Waals surface area contributed by atoms with Crippen molar-refractivity contribution in [2.45, 2.75) is 66.6 Å². The van der Waals surface area contributed by atoms with Crippen LogP contribution in [0.2, 0.25) is 0 Å². The van der Waals surface area contributed by atoms with Gasteiger partial charge in [0.1, 0.15) is 0 Å². The first-order valence-electron chi connectivity index (χ1n) is 6.43. The number of hydrogen-bond acceptors (Lipinski definition) is 3. The first kappa shape index (κ1) is 16.2. The van der Waals surface area contributed by atoms with Crippen molar-refractivity contribution in [1.29, 1.82) is 0 Å². The highest BCUT2D eigenvalue weighted by Crippen LogP contribution is 2.33. The predicted octanol–water partition coefficient (Wildman–Crippen LogP) is 3.42. The third-order valence-corrected chi connectivity index (χ3v) is 3.48. The van der Waals surface area contributed by atoms with E-state index in [4.69, 9.17) is 4.74 Å². The molecule has 0 saturated carbocycles. The van der Waals surface area contributed by atoms with E-state index in [1.54, 1.807) is 19.9 Å². The summed E-state index contributed by atoms with van der Waals surface area (Å²) in [5.74, 6) is -0.434. The Morgan fingerprint density at radius 3 is 2.47 bits per heavy atom. The van der Waals surface area contributed by atoms with Gasteiger partial charge >= 0.3 is 5.97 Å². The van der Waals surface area contributed by atoms with Gasteiger partial charge in [0.05, 0.1) is 0 Å². The van der Waals surface area contributed by atoms with Gasteiger partial charge in [0.25, 0.3) is 0 Å². The summed E-state index contributed by atoms with van der Waals surface area (Å²) in [5.41, 5.74) is 0.178. The van der Waals surface area contributed by atoms with Crippen LogP contribution < -0.4 is 0 Å². The lowest BCUT2D eigenvalue weighted by atomic mass is 9.81. The quantitative estimate of drug-likeness (QED) is 0.423. The summed E-state index contributed by atoms with van der Waals surface area (Å²) < 4.78 is 5.10. The first-order chi connectivity index (χ1) is 7.91. The van der Waals surface area contributed by atoms with E-state index in [9.17, 15) is 9.90 Å². The summed E-state index contributed by atoms with van der Waals surface area (Å²) in [6, 6.07) is 0. The van der Waals surface area contributed by atoms with Gasteiger partial charge in [-0.3, -0.25) is 0 Å². The molecule has 100 valence electrons. The Bertz CT molecular complexity index is 271. The van der Waals surface area contributed by atoms with Gasteiger partial charge in [0.2, 0.25) is 6.29 Å². The van der Waals surface area contributed by atoms with Crippen molar-refractivity contribution < 1.29 is 14.6 Å². The zero-order valence-corrected chi connectivity index (χ0v) is 11.7. The maximum atomic E-state index is 11.6. The molecule has 0 fully saturated rings. The number of unbranched alkanes of at least 4 members (excludes halogenated alkanes) is 1. The molecule has 2 unspecified atom stereocenters. The second-order valence-electron chi connectivity index (χ2n) is 4.84.